The summed E-state index contributed by atoms with van der Waals surface area (Å²) in [6.07, 6.45) is 12.4. The minimum absolute atomic E-state index is 0. The molecule has 2 nitrogen and oxygen atoms in total. The van der Waals surface area contributed by atoms with E-state index in [1.54, 1.807) is 0 Å². The van der Waals surface area contributed by atoms with Crippen LogP contribution in [0.4, 0.5) is 0 Å². The number of ketones is 1. The highest BCUT2D eigenvalue weighted by Crippen LogP contribution is 2.30. The van der Waals surface area contributed by atoms with Gasteiger partial charge in [0.15, 0.2) is 5.78 Å². The quantitative estimate of drug-likeness (QED) is 0.390. The molecule has 0 unspecified atom stereocenters. The number of benzene rings is 3. The van der Waals surface area contributed by atoms with Gasteiger partial charge in [-0.25, -0.2) is 0 Å². The maximum atomic E-state index is 13.4. The molecule has 1 fully saturated rings. The smallest absolute Gasteiger partial charge is 0.163 e. The van der Waals surface area contributed by atoms with E-state index in [4.69, 9.17) is 0 Å². The minimum atomic E-state index is 0. The van der Waals surface area contributed by atoms with Crippen molar-refractivity contribution in [3.8, 4) is 11.1 Å². The van der Waals surface area contributed by atoms with Crippen molar-refractivity contribution in [3.63, 3.8) is 0 Å². The first-order valence-electron chi connectivity index (χ1n) is 14.2. The zero-order chi connectivity index (χ0) is 25.8. The number of nitrogens with zero attached hydrogens (tertiary/aromatic N) is 1. The van der Waals surface area contributed by atoms with Crippen LogP contribution in [-0.2, 0) is 24.2 Å². The number of carbonyl (C=O) groups excluding carboxylic acids is 1. The first-order chi connectivity index (χ1) is 17.9. The largest absolute Gasteiger partial charge is 1.00 e. The van der Waals surface area contributed by atoms with Crippen LogP contribution in [0.3, 0.4) is 0 Å². The van der Waals surface area contributed by atoms with Crippen LogP contribution in [0.15, 0.2) is 72.3 Å². The molecule has 0 radical (unpaired) electrons. The molecule has 0 amide bonds. The topological polar surface area (TPSA) is 17.1 Å². The van der Waals surface area contributed by atoms with Crippen molar-refractivity contribution in [1.82, 2.24) is 0 Å². The molecule has 0 spiro atoms. The molecule has 2 aliphatic rings. The average molecular weight is 528 g/mol. The molecule has 0 aromatic heterocycles. The number of carbonyl (C=O) groups is 1. The lowest BCUT2D eigenvalue weighted by molar-refractivity contribution is -0.929. The number of hydrogen-bond donors (Lipinski definition) is 0. The molecule has 5 rings (SSSR count). The van der Waals surface area contributed by atoms with Gasteiger partial charge < -0.3 is 16.9 Å². The third-order valence-electron chi connectivity index (χ3n) is 8.65. The van der Waals surface area contributed by atoms with Gasteiger partial charge in [-0.05, 0) is 97.4 Å². The third kappa shape index (κ3) is 6.84. The van der Waals surface area contributed by atoms with E-state index in [1.807, 2.05) is 0 Å². The van der Waals surface area contributed by atoms with Gasteiger partial charge in [0.05, 0.1) is 20.1 Å². The number of halogens is 1. The molecule has 0 aliphatic heterocycles. The average Bonchev–Trinajstić information content (AvgIpc) is 3.13. The summed E-state index contributed by atoms with van der Waals surface area (Å²) in [7, 11) is 4.77. The fourth-order valence-electron chi connectivity index (χ4n) is 6.27. The maximum absolute atomic E-state index is 13.4. The van der Waals surface area contributed by atoms with Crippen LogP contribution in [0.25, 0.3) is 17.2 Å². The molecule has 1 saturated carbocycles. The van der Waals surface area contributed by atoms with Crippen LogP contribution >= 0.6 is 0 Å². The number of hydrogen-bond acceptors (Lipinski definition) is 1. The van der Waals surface area contributed by atoms with E-state index in [0.717, 1.165) is 47.5 Å². The van der Waals surface area contributed by atoms with E-state index >= 15 is 0 Å². The SMILES string of the molecule is Cc1ccc(-c2ccc3c(c2)C=C(C(=O)Cc2ccc(C[N+](C)(C)C4CCCCC4)cc2)CCC3)cc1.[Cl-]. The molecule has 0 bridgehead atoms. The molecule has 0 saturated heterocycles. The molecule has 3 heteroatoms. The molecule has 200 valence electrons. The highest BCUT2D eigenvalue weighted by atomic mass is 35.5. The van der Waals surface area contributed by atoms with Crippen molar-refractivity contribution < 1.29 is 21.7 Å². The number of Topliss-reactive ketones (excluding diaryl/α,β-unsaturated/α-hetero) is 1. The lowest BCUT2D eigenvalue weighted by Gasteiger charge is -2.40. The Morgan fingerprint density at radius 3 is 2.16 bits per heavy atom. The number of rotatable bonds is 7. The number of aryl methyl sites for hydroxylation is 2. The highest BCUT2D eigenvalue weighted by molar-refractivity contribution is 6.01. The van der Waals surface area contributed by atoms with Gasteiger partial charge in [-0.3, -0.25) is 4.79 Å². The van der Waals surface area contributed by atoms with Gasteiger partial charge in [-0.15, -0.1) is 0 Å². The van der Waals surface area contributed by atoms with Crippen LogP contribution in [0, 0.1) is 6.92 Å². The van der Waals surface area contributed by atoms with Crippen molar-refractivity contribution in [2.75, 3.05) is 14.1 Å². The molecule has 0 atom stereocenters. The molecule has 2 aliphatic carbocycles. The lowest BCUT2D eigenvalue weighted by Crippen LogP contribution is -3.00. The molecule has 0 N–H and O–H groups in total. The van der Waals surface area contributed by atoms with E-state index in [9.17, 15) is 4.79 Å². The number of fused-ring (bicyclic) bond motifs is 1. The number of quaternary nitrogens is 1. The molecule has 3 aromatic rings. The van der Waals surface area contributed by atoms with Gasteiger partial charge in [-0.2, -0.15) is 0 Å². The van der Waals surface area contributed by atoms with Gasteiger partial charge in [0, 0.05) is 12.0 Å². The first-order valence-corrected chi connectivity index (χ1v) is 14.2. The summed E-state index contributed by atoms with van der Waals surface area (Å²) >= 11 is 0. The van der Waals surface area contributed by atoms with E-state index in [0.29, 0.717) is 6.42 Å². The number of allylic oxidation sites excluding steroid dienone is 1. The van der Waals surface area contributed by atoms with Crippen LogP contribution in [0.5, 0.6) is 0 Å². The van der Waals surface area contributed by atoms with E-state index in [1.165, 1.54) is 65.5 Å². The minimum Gasteiger partial charge on any atom is -1.00 e. The molecule has 3 aromatic carbocycles. The van der Waals surface area contributed by atoms with Crippen molar-refractivity contribution in [1.29, 1.82) is 0 Å². The monoisotopic (exact) mass is 527 g/mol. The Labute approximate surface area is 235 Å². The van der Waals surface area contributed by atoms with Crippen LogP contribution in [0.2, 0.25) is 0 Å². The standard InChI is InChI=1S/C35H42NO.ClH/c1-26-12-18-30(19-13-26)31-21-20-29-8-7-9-32(24-33(29)23-31)35(37)22-27-14-16-28(17-15-27)25-36(2,3)34-10-5-4-6-11-34;/h12-21,23-24,34H,4-11,22,25H2,1-3H3;1H/q+1;/p-1. The summed E-state index contributed by atoms with van der Waals surface area (Å²) in [6, 6.07) is 25.0. The second kappa shape index (κ2) is 12.5. The summed E-state index contributed by atoms with van der Waals surface area (Å²) in [6.45, 7) is 3.18. The predicted molar refractivity (Wildman–Crippen MR) is 155 cm³/mol. The van der Waals surface area contributed by atoms with E-state index in [2.05, 4.69) is 93.8 Å². The third-order valence-corrected chi connectivity index (χ3v) is 8.65. The summed E-state index contributed by atoms with van der Waals surface area (Å²) in [4.78, 5) is 13.4. The van der Waals surface area contributed by atoms with Crippen LogP contribution in [-0.4, -0.2) is 30.4 Å². The molecule has 38 heavy (non-hydrogen) atoms. The van der Waals surface area contributed by atoms with Gasteiger partial charge >= 0.3 is 0 Å². The van der Waals surface area contributed by atoms with E-state index < -0.39 is 0 Å². The van der Waals surface area contributed by atoms with Gasteiger partial charge in [-0.1, -0.05) is 72.6 Å². The lowest BCUT2D eigenvalue weighted by atomic mass is 9.92. The predicted octanol–water partition coefficient (Wildman–Crippen LogP) is 5.11. The summed E-state index contributed by atoms with van der Waals surface area (Å²) in [5, 5.41) is 0. The van der Waals surface area contributed by atoms with Crippen LogP contribution < -0.4 is 12.4 Å². The Morgan fingerprint density at radius 1 is 0.789 bits per heavy atom. The Balaban J connectivity index is 0.00000336. The summed E-state index contributed by atoms with van der Waals surface area (Å²) in [5.74, 6) is 0.264. The van der Waals surface area contributed by atoms with Crippen molar-refractivity contribution in [3.05, 3.63) is 100 Å². The van der Waals surface area contributed by atoms with Gasteiger partial charge in [0.1, 0.15) is 6.54 Å². The Morgan fingerprint density at radius 2 is 1.45 bits per heavy atom. The molecular weight excluding hydrogens is 486 g/mol. The van der Waals surface area contributed by atoms with E-state index in [-0.39, 0.29) is 18.2 Å². The maximum Gasteiger partial charge on any atom is 0.163 e. The fourth-order valence-corrected chi connectivity index (χ4v) is 6.27. The Hall–Kier alpha value is -2.68. The van der Waals surface area contributed by atoms with Crippen molar-refractivity contribution >= 4 is 11.9 Å². The molecular formula is C35H42ClNO. The first kappa shape index (κ1) is 28.3. The highest BCUT2D eigenvalue weighted by Gasteiger charge is 2.29. The van der Waals surface area contributed by atoms with Crippen LogP contribution in [0.1, 0.15) is 72.8 Å². The van der Waals surface area contributed by atoms with Crippen molar-refractivity contribution in [2.45, 2.75) is 77.3 Å². The summed E-state index contributed by atoms with van der Waals surface area (Å²) < 4.78 is 1.06. The zero-order valence-electron chi connectivity index (χ0n) is 23.3. The van der Waals surface area contributed by atoms with Gasteiger partial charge in [0.2, 0.25) is 0 Å². The Bertz CT molecular complexity index is 1260. The molecule has 0 heterocycles. The summed E-state index contributed by atoms with van der Waals surface area (Å²) in [5.41, 5.74) is 9.73. The van der Waals surface area contributed by atoms with Gasteiger partial charge in [0.25, 0.3) is 0 Å². The zero-order valence-corrected chi connectivity index (χ0v) is 24.1. The normalized spacial score (nSPS) is 16.1. The Kier molecular flexibility index (Phi) is 9.28. The second-order valence-electron chi connectivity index (χ2n) is 11.9. The fraction of sp³-hybridized carbons (Fsp3) is 0.400. The second-order valence-corrected chi connectivity index (χ2v) is 11.9. The van der Waals surface area contributed by atoms with Crippen molar-refractivity contribution in [2.24, 2.45) is 0 Å².